The number of rotatable bonds is 4. The van der Waals surface area contributed by atoms with Crippen molar-refractivity contribution in [3.63, 3.8) is 0 Å². The zero-order chi connectivity index (χ0) is 13.8. The van der Waals surface area contributed by atoms with E-state index in [1.54, 1.807) is 6.20 Å². The molecule has 0 aliphatic heterocycles. The van der Waals surface area contributed by atoms with Crippen molar-refractivity contribution in [3.8, 4) is 5.69 Å². The Morgan fingerprint density at radius 2 is 2.20 bits per heavy atom. The summed E-state index contributed by atoms with van der Waals surface area (Å²) < 4.78 is 1.82. The molecule has 1 aromatic carbocycles. The summed E-state index contributed by atoms with van der Waals surface area (Å²) in [5, 5.41) is 11.7. The highest BCUT2D eigenvalue weighted by Crippen LogP contribution is 2.30. The number of hydrogen-bond acceptors (Lipinski definition) is 3. The van der Waals surface area contributed by atoms with Gasteiger partial charge in [-0.3, -0.25) is 0 Å². The van der Waals surface area contributed by atoms with Crippen molar-refractivity contribution >= 4 is 5.69 Å². The first kappa shape index (κ1) is 13.2. The van der Waals surface area contributed by atoms with Crippen LogP contribution in [0.25, 0.3) is 5.69 Å². The molecule has 1 saturated carbocycles. The predicted molar refractivity (Wildman–Crippen MR) is 81.0 cm³/mol. The van der Waals surface area contributed by atoms with Crippen molar-refractivity contribution in [1.29, 1.82) is 0 Å². The number of anilines is 1. The molecule has 2 unspecified atom stereocenters. The van der Waals surface area contributed by atoms with Gasteiger partial charge in [0, 0.05) is 6.04 Å². The molecule has 1 fully saturated rings. The standard InChI is InChI=1S/C16H22N4/c1-2-13-6-5-7-14(12-13)18-15-8-3-4-9-16(15)20-11-10-17-19-20/h3-4,8-11,13-14,18H,2,5-7,12H2,1H3. The minimum absolute atomic E-state index is 0.582. The maximum Gasteiger partial charge on any atom is 0.0894 e. The van der Waals surface area contributed by atoms with Gasteiger partial charge in [0.25, 0.3) is 0 Å². The molecule has 0 saturated heterocycles. The van der Waals surface area contributed by atoms with E-state index in [9.17, 15) is 0 Å². The van der Waals surface area contributed by atoms with Crippen LogP contribution in [0.2, 0.25) is 0 Å². The summed E-state index contributed by atoms with van der Waals surface area (Å²) in [4.78, 5) is 0. The number of hydrogen-bond donors (Lipinski definition) is 1. The van der Waals surface area contributed by atoms with Crippen LogP contribution in [0.4, 0.5) is 5.69 Å². The number of benzene rings is 1. The second-order valence-electron chi connectivity index (χ2n) is 5.65. The third kappa shape index (κ3) is 2.84. The lowest BCUT2D eigenvalue weighted by Gasteiger charge is -2.30. The molecule has 1 aliphatic carbocycles. The van der Waals surface area contributed by atoms with Gasteiger partial charge in [-0.05, 0) is 30.9 Å². The molecule has 0 bridgehead atoms. The second-order valence-corrected chi connectivity index (χ2v) is 5.65. The quantitative estimate of drug-likeness (QED) is 0.922. The molecule has 2 aromatic rings. The van der Waals surface area contributed by atoms with Gasteiger partial charge >= 0.3 is 0 Å². The minimum atomic E-state index is 0.582. The third-order valence-corrected chi connectivity index (χ3v) is 4.29. The molecule has 1 aromatic heterocycles. The Morgan fingerprint density at radius 3 is 3.00 bits per heavy atom. The van der Waals surface area contributed by atoms with Gasteiger partial charge in [0.1, 0.15) is 0 Å². The fraction of sp³-hybridized carbons (Fsp3) is 0.500. The largest absolute Gasteiger partial charge is 0.381 e. The van der Waals surface area contributed by atoms with Gasteiger partial charge in [-0.15, -0.1) is 5.10 Å². The van der Waals surface area contributed by atoms with E-state index >= 15 is 0 Å². The monoisotopic (exact) mass is 270 g/mol. The van der Waals surface area contributed by atoms with Crippen molar-refractivity contribution in [2.24, 2.45) is 5.92 Å². The van der Waals surface area contributed by atoms with Gasteiger partial charge in [0.15, 0.2) is 0 Å². The van der Waals surface area contributed by atoms with Crippen LogP contribution in [-0.4, -0.2) is 21.0 Å². The van der Waals surface area contributed by atoms with Crippen LogP contribution < -0.4 is 5.32 Å². The van der Waals surface area contributed by atoms with Crippen LogP contribution in [0.3, 0.4) is 0 Å². The van der Waals surface area contributed by atoms with Gasteiger partial charge in [-0.25, -0.2) is 4.68 Å². The van der Waals surface area contributed by atoms with E-state index in [0.29, 0.717) is 6.04 Å². The lowest BCUT2D eigenvalue weighted by atomic mass is 9.84. The Kier molecular flexibility index (Phi) is 4.00. The number of para-hydroxylation sites is 2. The van der Waals surface area contributed by atoms with Crippen molar-refractivity contribution in [2.45, 2.75) is 45.1 Å². The highest BCUT2D eigenvalue weighted by atomic mass is 15.4. The number of nitrogens with one attached hydrogen (secondary N) is 1. The SMILES string of the molecule is CCC1CCCC(Nc2ccccc2-n2ccnn2)C1. The van der Waals surface area contributed by atoms with Crippen LogP contribution in [-0.2, 0) is 0 Å². The lowest BCUT2D eigenvalue weighted by molar-refractivity contribution is 0.327. The normalized spacial score (nSPS) is 22.6. The molecule has 1 aliphatic rings. The van der Waals surface area contributed by atoms with Crippen LogP contribution in [0.1, 0.15) is 39.0 Å². The molecule has 106 valence electrons. The molecule has 20 heavy (non-hydrogen) atoms. The van der Waals surface area contributed by atoms with E-state index in [1.807, 2.05) is 16.9 Å². The van der Waals surface area contributed by atoms with Gasteiger partial charge in [0.2, 0.25) is 0 Å². The fourth-order valence-electron chi connectivity index (χ4n) is 3.14. The smallest absolute Gasteiger partial charge is 0.0894 e. The lowest BCUT2D eigenvalue weighted by Crippen LogP contribution is -2.27. The molecule has 3 rings (SSSR count). The number of nitrogens with zero attached hydrogens (tertiary/aromatic N) is 3. The molecular weight excluding hydrogens is 248 g/mol. The molecule has 1 N–H and O–H groups in total. The van der Waals surface area contributed by atoms with E-state index in [0.717, 1.165) is 17.3 Å². The van der Waals surface area contributed by atoms with Crippen LogP contribution in [0.5, 0.6) is 0 Å². The van der Waals surface area contributed by atoms with E-state index < -0.39 is 0 Å². The Morgan fingerprint density at radius 1 is 1.30 bits per heavy atom. The number of aromatic nitrogens is 3. The van der Waals surface area contributed by atoms with Gasteiger partial charge in [-0.1, -0.05) is 43.5 Å². The molecule has 0 amide bonds. The predicted octanol–water partition coefficient (Wildman–Crippen LogP) is 3.65. The van der Waals surface area contributed by atoms with E-state index in [4.69, 9.17) is 0 Å². The van der Waals surface area contributed by atoms with Gasteiger partial charge in [-0.2, -0.15) is 0 Å². The molecular formula is C16H22N4. The zero-order valence-corrected chi connectivity index (χ0v) is 12.0. The molecule has 0 radical (unpaired) electrons. The zero-order valence-electron chi connectivity index (χ0n) is 12.0. The summed E-state index contributed by atoms with van der Waals surface area (Å²) in [6.45, 7) is 2.30. The highest BCUT2D eigenvalue weighted by molar-refractivity contribution is 5.60. The van der Waals surface area contributed by atoms with Crippen molar-refractivity contribution in [2.75, 3.05) is 5.32 Å². The average molecular weight is 270 g/mol. The van der Waals surface area contributed by atoms with Crippen LogP contribution in [0.15, 0.2) is 36.7 Å². The molecule has 4 heteroatoms. The summed E-state index contributed by atoms with van der Waals surface area (Å²) in [6.07, 6.45) is 10.2. The minimum Gasteiger partial charge on any atom is -0.381 e. The van der Waals surface area contributed by atoms with Gasteiger partial charge < -0.3 is 5.32 Å². The third-order valence-electron chi connectivity index (χ3n) is 4.29. The molecule has 0 spiro atoms. The first-order chi connectivity index (χ1) is 9.86. The fourth-order valence-corrected chi connectivity index (χ4v) is 3.14. The maximum absolute atomic E-state index is 4.10. The van der Waals surface area contributed by atoms with Crippen LogP contribution >= 0.6 is 0 Å². The van der Waals surface area contributed by atoms with Crippen molar-refractivity contribution in [1.82, 2.24) is 15.0 Å². The summed E-state index contributed by atoms with van der Waals surface area (Å²) in [7, 11) is 0. The van der Waals surface area contributed by atoms with Crippen molar-refractivity contribution in [3.05, 3.63) is 36.7 Å². The summed E-state index contributed by atoms with van der Waals surface area (Å²) in [5.74, 6) is 0.875. The first-order valence-corrected chi connectivity index (χ1v) is 7.59. The molecule has 1 heterocycles. The van der Waals surface area contributed by atoms with Crippen molar-refractivity contribution < 1.29 is 0 Å². The Balaban J connectivity index is 1.77. The Hall–Kier alpha value is -1.84. The summed E-state index contributed by atoms with van der Waals surface area (Å²) in [6, 6.07) is 8.91. The molecule has 4 nitrogen and oxygen atoms in total. The Bertz CT molecular complexity index is 535. The van der Waals surface area contributed by atoms with E-state index in [2.05, 4.69) is 40.8 Å². The molecule has 2 atom stereocenters. The maximum atomic E-state index is 4.10. The van der Waals surface area contributed by atoms with E-state index in [1.165, 1.54) is 32.1 Å². The van der Waals surface area contributed by atoms with Gasteiger partial charge in [0.05, 0.1) is 23.8 Å². The Labute approximate surface area is 120 Å². The highest BCUT2D eigenvalue weighted by Gasteiger charge is 2.21. The second kappa shape index (κ2) is 6.07. The topological polar surface area (TPSA) is 42.7 Å². The summed E-state index contributed by atoms with van der Waals surface area (Å²) >= 11 is 0. The first-order valence-electron chi connectivity index (χ1n) is 7.59. The van der Waals surface area contributed by atoms with Crippen LogP contribution in [0, 0.1) is 5.92 Å². The average Bonchev–Trinajstić information content (AvgIpc) is 3.02. The summed E-state index contributed by atoms with van der Waals surface area (Å²) in [5.41, 5.74) is 2.23. The van der Waals surface area contributed by atoms with E-state index in [-0.39, 0.29) is 0 Å².